The van der Waals surface area contributed by atoms with Crippen LogP contribution in [0.3, 0.4) is 0 Å². The third-order valence-electron chi connectivity index (χ3n) is 4.20. The van der Waals surface area contributed by atoms with E-state index in [1.807, 2.05) is 0 Å². The van der Waals surface area contributed by atoms with Gasteiger partial charge in [-0.25, -0.2) is 14.4 Å². The fourth-order valence-corrected chi connectivity index (χ4v) is 3.78. The van der Waals surface area contributed by atoms with Crippen LogP contribution in [0.4, 0.5) is 15.2 Å². The van der Waals surface area contributed by atoms with Gasteiger partial charge in [0.25, 0.3) is 0 Å². The molecular formula is C18H16FN5O2S. The smallest absolute Gasteiger partial charge is 0.230 e. The SMILES string of the molecule is O=C(Cc1csc(N2CCCC2=O)n1)Nc1ccc(-n2ccnc2)c(F)c1. The first kappa shape index (κ1) is 17.3. The number of amides is 2. The monoisotopic (exact) mass is 385 g/mol. The second kappa shape index (κ2) is 7.28. The zero-order chi connectivity index (χ0) is 18.8. The number of imidazole rings is 1. The number of nitrogens with one attached hydrogen (secondary N) is 1. The van der Waals surface area contributed by atoms with Crippen LogP contribution in [0, 0.1) is 5.82 Å². The van der Waals surface area contributed by atoms with Crippen LogP contribution in [0.5, 0.6) is 0 Å². The van der Waals surface area contributed by atoms with E-state index < -0.39 is 5.82 Å². The van der Waals surface area contributed by atoms with E-state index in [2.05, 4.69) is 15.3 Å². The number of anilines is 2. The summed E-state index contributed by atoms with van der Waals surface area (Å²) in [5.74, 6) is -0.697. The van der Waals surface area contributed by atoms with Crippen molar-refractivity contribution in [1.82, 2.24) is 14.5 Å². The Morgan fingerprint density at radius 1 is 1.37 bits per heavy atom. The predicted molar refractivity (Wildman–Crippen MR) is 99.6 cm³/mol. The van der Waals surface area contributed by atoms with Gasteiger partial charge in [0.15, 0.2) is 5.13 Å². The molecule has 3 heterocycles. The van der Waals surface area contributed by atoms with Gasteiger partial charge in [-0.3, -0.25) is 14.5 Å². The van der Waals surface area contributed by atoms with Gasteiger partial charge in [-0.1, -0.05) is 0 Å². The van der Waals surface area contributed by atoms with E-state index in [1.165, 1.54) is 23.7 Å². The molecule has 1 aromatic carbocycles. The first-order valence-electron chi connectivity index (χ1n) is 8.42. The molecule has 0 unspecified atom stereocenters. The number of nitrogens with zero attached hydrogens (tertiary/aromatic N) is 4. The summed E-state index contributed by atoms with van der Waals surface area (Å²) in [6, 6.07) is 4.47. The van der Waals surface area contributed by atoms with E-state index in [-0.39, 0.29) is 18.2 Å². The minimum Gasteiger partial charge on any atom is -0.326 e. The number of halogens is 1. The fourth-order valence-electron chi connectivity index (χ4n) is 2.92. The van der Waals surface area contributed by atoms with E-state index in [1.54, 1.807) is 39.4 Å². The minimum atomic E-state index is -0.464. The van der Waals surface area contributed by atoms with Gasteiger partial charge in [-0.15, -0.1) is 11.3 Å². The lowest BCUT2D eigenvalue weighted by Crippen LogP contribution is -2.23. The van der Waals surface area contributed by atoms with Crippen LogP contribution >= 0.6 is 11.3 Å². The highest BCUT2D eigenvalue weighted by molar-refractivity contribution is 7.14. The van der Waals surface area contributed by atoms with E-state index in [9.17, 15) is 14.0 Å². The summed E-state index contributed by atoms with van der Waals surface area (Å²) in [6.07, 6.45) is 6.13. The predicted octanol–water partition coefficient (Wildman–Crippen LogP) is 2.78. The maximum absolute atomic E-state index is 14.3. The number of carbonyl (C=O) groups is 2. The average molecular weight is 385 g/mol. The number of rotatable bonds is 5. The molecule has 138 valence electrons. The summed E-state index contributed by atoms with van der Waals surface area (Å²) < 4.78 is 15.8. The van der Waals surface area contributed by atoms with Crippen molar-refractivity contribution in [2.24, 2.45) is 0 Å². The van der Waals surface area contributed by atoms with Gasteiger partial charge in [0.1, 0.15) is 5.82 Å². The number of hydrogen-bond acceptors (Lipinski definition) is 5. The number of hydrogen-bond donors (Lipinski definition) is 1. The van der Waals surface area contributed by atoms with Crippen LogP contribution in [0.1, 0.15) is 18.5 Å². The molecule has 1 N–H and O–H groups in total. The molecule has 0 spiro atoms. The first-order valence-corrected chi connectivity index (χ1v) is 9.30. The molecule has 1 saturated heterocycles. The van der Waals surface area contributed by atoms with Crippen LogP contribution in [-0.4, -0.2) is 32.9 Å². The van der Waals surface area contributed by atoms with Crippen molar-refractivity contribution in [2.75, 3.05) is 16.8 Å². The van der Waals surface area contributed by atoms with Gasteiger partial charge in [-0.2, -0.15) is 0 Å². The van der Waals surface area contributed by atoms with Gasteiger partial charge < -0.3 is 9.88 Å². The zero-order valence-electron chi connectivity index (χ0n) is 14.3. The molecule has 9 heteroatoms. The van der Waals surface area contributed by atoms with Crippen molar-refractivity contribution >= 4 is 34.0 Å². The summed E-state index contributed by atoms with van der Waals surface area (Å²) in [5.41, 5.74) is 1.30. The van der Waals surface area contributed by atoms with Crippen molar-refractivity contribution < 1.29 is 14.0 Å². The van der Waals surface area contributed by atoms with Gasteiger partial charge >= 0.3 is 0 Å². The second-order valence-corrected chi connectivity index (χ2v) is 6.97. The standard InChI is InChI=1S/C18H16FN5O2S/c19-14-8-12(3-4-15(14)23-7-5-20-11-23)21-16(25)9-13-10-27-18(22-13)24-6-1-2-17(24)26/h3-5,7-8,10-11H,1-2,6,9H2,(H,21,25). The molecule has 0 bridgehead atoms. The molecule has 2 amide bonds. The maximum atomic E-state index is 14.3. The number of benzene rings is 1. The molecule has 0 aliphatic carbocycles. The molecule has 1 fully saturated rings. The van der Waals surface area contributed by atoms with Crippen molar-refractivity contribution in [3.63, 3.8) is 0 Å². The largest absolute Gasteiger partial charge is 0.326 e. The number of aromatic nitrogens is 3. The highest BCUT2D eigenvalue weighted by Crippen LogP contribution is 2.25. The summed E-state index contributed by atoms with van der Waals surface area (Å²) in [6.45, 7) is 0.667. The Labute approximate surface area is 158 Å². The summed E-state index contributed by atoms with van der Waals surface area (Å²) in [4.78, 5) is 33.9. The number of carbonyl (C=O) groups excluding carboxylic acids is 2. The molecule has 27 heavy (non-hydrogen) atoms. The molecule has 1 aliphatic heterocycles. The summed E-state index contributed by atoms with van der Waals surface area (Å²) in [5, 5.41) is 5.06. The molecule has 1 aliphatic rings. The van der Waals surface area contributed by atoms with E-state index in [0.29, 0.717) is 35.2 Å². The molecule has 4 rings (SSSR count). The van der Waals surface area contributed by atoms with Gasteiger partial charge in [0, 0.05) is 36.4 Å². The highest BCUT2D eigenvalue weighted by atomic mass is 32.1. The van der Waals surface area contributed by atoms with Crippen LogP contribution in [0.15, 0.2) is 42.3 Å². The topological polar surface area (TPSA) is 80.1 Å². The Balaban J connectivity index is 1.40. The molecule has 3 aromatic rings. The van der Waals surface area contributed by atoms with E-state index in [4.69, 9.17) is 0 Å². The lowest BCUT2D eigenvalue weighted by Gasteiger charge is -2.10. The molecule has 0 atom stereocenters. The maximum Gasteiger partial charge on any atom is 0.230 e. The van der Waals surface area contributed by atoms with E-state index >= 15 is 0 Å². The molecular weight excluding hydrogens is 369 g/mol. The Bertz CT molecular complexity index is 986. The molecule has 2 aromatic heterocycles. The molecule has 7 nitrogen and oxygen atoms in total. The van der Waals surface area contributed by atoms with Crippen molar-refractivity contribution in [3.8, 4) is 5.69 Å². The summed E-state index contributed by atoms with van der Waals surface area (Å²) in [7, 11) is 0. The third kappa shape index (κ3) is 3.72. The Morgan fingerprint density at radius 2 is 2.26 bits per heavy atom. The first-order chi connectivity index (χ1) is 13.1. The number of thiazole rings is 1. The van der Waals surface area contributed by atoms with Crippen molar-refractivity contribution in [3.05, 3.63) is 53.8 Å². The second-order valence-electron chi connectivity index (χ2n) is 6.13. The van der Waals surface area contributed by atoms with Gasteiger partial charge in [-0.05, 0) is 24.6 Å². The van der Waals surface area contributed by atoms with Gasteiger partial charge in [0.05, 0.1) is 24.1 Å². The lowest BCUT2D eigenvalue weighted by atomic mass is 10.2. The van der Waals surface area contributed by atoms with Crippen LogP contribution in [0.2, 0.25) is 0 Å². The summed E-state index contributed by atoms with van der Waals surface area (Å²) >= 11 is 1.35. The normalized spacial score (nSPS) is 14.0. The quantitative estimate of drug-likeness (QED) is 0.732. The Kier molecular flexibility index (Phi) is 4.68. The van der Waals surface area contributed by atoms with Crippen LogP contribution in [-0.2, 0) is 16.0 Å². The zero-order valence-corrected chi connectivity index (χ0v) is 15.1. The highest BCUT2D eigenvalue weighted by Gasteiger charge is 2.24. The Hall–Kier alpha value is -3.07. The molecule has 0 saturated carbocycles. The molecule has 0 radical (unpaired) electrons. The van der Waals surface area contributed by atoms with E-state index in [0.717, 1.165) is 6.42 Å². The Morgan fingerprint density at radius 3 is 2.96 bits per heavy atom. The van der Waals surface area contributed by atoms with Crippen LogP contribution in [0.25, 0.3) is 5.69 Å². The third-order valence-corrected chi connectivity index (χ3v) is 5.11. The van der Waals surface area contributed by atoms with Gasteiger partial charge in [0.2, 0.25) is 11.8 Å². The van der Waals surface area contributed by atoms with Crippen molar-refractivity contribution in [1.29, 1.82) is 0 Å². The minimum absolute atomic E-state index is 0.0589. The van der Waals surface area contributed by atoms with Crippen molar-refractivity contribution in [2.45, 2.75) is 19.3 Å². The fraction of sp³-hybridized carbons (Fsp3) is 0.222. The average Bonchev–Trinajstić information content (AvgIpc) is 3.36. The van der Waals surface area contributed by atoms with Crippen LogP contribution < -0.4 is 10.2 Å². The lowest BCUT2D eigenvalue weighted by molar-refractivity contribution is -0.117.